The second-order valence-electron chi connectivity index (χ2n) is 3.73. The van der Waals surface area contributed by atoms with E-state index >= 15 is 0 Å². The van der Waals surface area contributed by atoms with E-state index in [1.165, 1.54) is 11.8 Å². The van der Waals surface area contributed by atoms with E-state index in [0.717, 1.165) is 16.9 Å². The summed E-state index contributed by atoms with van der Waals surface area (Å²) in [6.07, 6.45) is 1.36. The van der Waals surface area contributed by atoms with E-state index in [-0.39, 0.29) is 0 Å². The van der Waals surface area contributed by atoms with E-state index < -0.39 is 0 Å². The van der Waals surface area contributed by atoms with Crippen molar-refractivity contribution in [3.63, 3.8) is 0 Å². The van der Waals surface area contributed by atoms with Gasteiger partial charge in [-0.1, -0.05) is 30.3 Å². The van der Waals surface area contributed by atoms with E-state index in [1.54, 1.807) is 0 Å². The van der Waals surface area contributed by atoms with Crippen molar-refractivity contribution < 1.29 is 0 Å². The first-order valence-electron chi connectivity index (χ1n) is 5.23. The third-order valence-corrected chi connectivity index (χ3v) is 2.41. The zero-order chi connectivity index (χ0) is 11.4. The Morgan fingerprint density at radius 2 is 1.88 bits per heavy atom. The molecule has 2 aromatic carbocycles. The van der Waals surface area contributed by atoms with Gasteiger partial charge in [-0.05, 0) is 30.7 Å². The number of anilines is 2. The fourth-order valence-corrected chi connectivity index (χ4v) is 1.62. The predicted octanol–water partition coefficient (Wildman–Crippen LogP) is 3.74. The molecule has 0 heterocycles. The van der Waals surface area contributed by atoms with Crippen LogP contribution in [0, 0.1) is 12.3 Å². The molecule has 0 aliphatic carbocycles. The number of hydrogen-bond donors (Lipinski definition) is 2. The minimum absolute atomic E-state index is 0.893. The normalized spacial score (nSPS) is 9.81. The van der Waals surface area contributed by atoms with Crippen molar-refractivity contribution in [2.45, 2.75) is 6.92 Å². The van der Waals surface area contributed by atoms with Crippen LogP contribution in [0.3, 0.4) is 0 Å². The molecule has 16 heavy (non-hydrogen) atoms. The van der Waals surface area contributed by atoms with Gasteiger partial charge in [-0.25, -0.2) is 0 Å². The minimum atomic E-state index is 0.893. The second-order valence-corrected chi connectivity index (χ2v) is 3.73. The van der Waals surface area contributed by atoms with Gasteiger partial charge in [0.05, 0.1) is 0 Å². The summed E-state index contributed by atoms with van der Waals surface area (Å²) < 4.78 is 0. The standard InChI is InChI=1S/C14H14N2/c1-11-5-4-7-13(9-11)16-14-8-3-2-6-12(14)10-15/h2-10,15-16H,1H3. The molecule has 0 saturated heterocycles. The molecule has 2 heteroatoms. The average Bonchev–Trinajstić information content (AvgIpc) is 2.30. The molecule has 2 nitrogen and oxygen atoms in total. The Morgan fingerprint density at radius 3 is 2.62 bits per heavy atom. The summed E-state index contributed by atoms with van der Waals surface area (Å²) in [4.78, 5) is 0. The molecule has 2 N–H and O–H groups in total. The highest BCUT2D eigenvalue weighted by Crippen LogP contribution is 2.20. The lowest BCUT2D eigenvalue weighted by molar-refractivity contribution is 1.44. The maximum Gasteiger partial charge on any atom is 0.0473 e. The summed E-state index contributed by atoms with van der Waals surface area (Å²) in [7, 11) is 0. The van der Waals surface area contributed by atoms with Crippen LogP contribution in [0.1, 0.15) is 11.1 Å². The van der Waals surface area contributed by atoms with Crippen molar-refractivity contribution in [1.29, 1.82) is 5.41 Å². The molecule has 0 spiro atoms. The smallest absolute Gasteiger partial charge is 0.0473 e. The monoisotopic (exact) mass is 210 g/mol. The van der Waals surface area contributed by atoms with Gasteiger partial charge >= 0.3 is 0 Å². The van der Waals surface area contributed by atoms with E-state index in [9.17, 15) is 0 Å². The molecule has 0 atom stereocenters. The molecule has 2 aromatic rings. The highest BCUT2D eigenvalue weighted by Gasteiger charge is 1.99. The molecule has 80 valence electrons. The van der Waals surface area contributed by atoms with E-state index in [2.05, 4.69) is 24.4 Å². The zero-order valence-corrected chi connectivity index (χ0v) is 9.20. The predicted molar refractivity (Wildman–Crippen MR) is 68.8 cm³/mol. The third kappa shape index (κ3) is 2.28. The third-order valence-electron chi connectivity index (χ3n) is 2.41. The van der Waals surface area contributed by atoms with Gasteiger partial charge in [0.15, 0.2) is 0 Å². The van der Waals surface area contributed by atoms with Gasteiger partial charge in [0, 0.05) is 23.2 Å². The highest BCUT2D eigenvalue weighted by molar-refractivity contribution is 5.87. The molecular formula is C14H14N2. The van der Waals surface area contributed by atoms with Crippen LogP contribution in [0.25, 0.3) is 0 Å². The van der Waals surface area contributed by atoms with Crippen molar-refractivity contribution in [2.24, 2.45) is 0 Å². The van der Waals surface area contributed by atoms with Gasteiger partial charge in [-0.15, -0.1) is 0 Å². The second kappa shape index (κ2) is 4.62. The van der Waals surface area contributed by atoms with Gasteiger partial charge in [0.2, 0.25) is 0 Å². The largest absolute Gasteiger partial charge is 0.355 e. The van der Waals surface area contributed by atoms with Crippen LogP contribution in [0.4, 0.5) is 11.4 Å². The Kier molecular flexibility index (Phi) is 3.01. The number of hydrogen-bond acceptors (Lipinski definition) is 2. The van der Waals surface area contributed by atoms with Crippen LogP contribution in [0.2, 0.25) is 0 Å². The average molecular weight is 210 g/mol. The van der Waals surface area contributed by atoms with Gasteiger partial charge in [0.1, 0.15) is 0 Å². The van der Waals surface area contributed by atoms with Crippen molar-refractivity contribution in [2.75, 3.05) is 5.32 Å². The van der Waals surface area contributed by atoms with E-state index in [0.29, 0.717) is 0 Å². The zero-order valence-electron chi connectivity index (χ0n) is 9.20. The number of aryl methyl sites for hydroxylation is 1. The van der Waals surface area contributed by atoms with Crippen LogP contribution in [-0.2, 0) is 0 Å². The Hall–Kier alpha value is -2.09. The number of nitrogens with one attached hydrogen (secondary N) is 2. The first-order chi connectivity index (χ1) is 7.79. The summed E-state index contributed by atoms with van der Waals surface area (Å²) in [6.45, 7) is 2.06. The molecule has 2 rings (SSSR count). The molecule has 0 amide bonds. The fourth-order valence-electron chi connectivity index (χ4n) is 1.62. The number of para-hydroxylation sites is 1. The quantitative estimate of drug-likeness (QED) is 0.744. The molecule has 0 bridgehead atoms. The van der Waals surface area contributed by atoms with Crippen molar-refractivity contribution >= 4 is 17.6 Å². The lowest BCUT2D eigenvalue weighted by Crippen LogP contribution is -1.94. The summed E-state index contributed by atoms with van der Waals surface area (Å²) in [5, 5.41) is 10.6. The maximum atomic E-state index is 7.33. The highest BCUT2D eigenvalue weighted by atomic mass is 14.9. The molecule has 0 aromatic heterocycles. The lowest BCUT2D eigenvalue weighted by Gasteiger charge is -2.09. The number of rotatable bonds is 3. The van der Waals surface area contributed by atoms with E-state index in [4.69, 9.17) is 5.41 Å². The summed E-state index contributed by atoms with van der Waals surface area (Å²) in [5.74, 6) is 0. The van der Waals surface area contributed by atoms with Crippen LogP contribution in [0.5, 0.6) is 0 Å². The Labute approximate surface area is 95.5 Å². The van der Waals surface area contributed by atoms with Gasteiger partial charge in [0.25, 0.3) is 0 Å². The van der Waals surface area contributed by atoms with Gasteiger partial charge in [-0.2, -0.15) is 0 Å². The van der Waals surface area contributed by atoms with E-state index in [1.807, 2.05) is 36.4 Å². The SMILES string of the molecule is Cc1cccc(Nc2ccccc2C=N)c1. The van der Waals surface area contributed by atoms with Crippen LogP contribution >= 0.6 is 0 Å². The lowest BCUT2D eigenvalue weighted by atomic mass is 10.1. The maximum absolute atomic E-state index is 7.33. The molecule has 0 aliphatic rings. The molecule has 0 aliphatic heterocycles. The molecule has 0 radical (unpaired) electrons. The van der Waals surface area contributed by atoms with Gasteiger partial charge in [-0.3, -0.25) is 0 Å². The van der Waals surface area contributed by atoms with Crippen LogP contribution < -0.4 is 5.32 Å². The molecule has 0 saturated carbocycles. The van der Waals surface area contributed by atoms with Crippen molar-refractivity contribution in [3.05, 3.63) is 59.7 Å². The molecule has 0 unspecified atom stereocenters. The molecule has 0 fully saturated rings. The molecular weight excluding hydrogens is 196 g/mol. The summed E-state index contributed by atoms with van der Waals surface area (Å²) >= 11 is 0. The number of benzene rings is 2. The van der Waals surface area contributed by atoms with Crippen molar-refractivity contribution in [3.8, 4) is 0 Å². The first-order valence-corrected chi connectivity index (χ1v) is 5.23. The van der Waals surface area contributed by atoms with Crippen LogP contribution in [0.15, 0.2) is 48.5 Å². The Bertz CT molecular complexity index is 504. The summed E-state index contributed by atoms with van der Waals surface area (Å²) in [5.41, 5.74) is 4.12. The van der Waals surface area contributed by atoms with Gasteiger partial charge < -0.3 is 10.7 Å². The minimum Gasteiger partial charge on any atom is -0.355 e. The first kappa shape index (κ1) is 10.4. The van der Waals surface area contributed by atoms with Crippen LogP contribution in [-0.4, -0.2) is 6.21 Å². The summed E-state index contributed by atoms with van der Waals surface area (Å²) in [6, 6.07) is 16.0. The Balaban J connectivity index is 2.30. The topological polar surface area (TPSA) is 35.9 Å². The Morgan fingerprint density at radius 1 is 1.06 bits per heavy atom. The van der Waals surface area contributed by atoms with Crippen molar-refractivity contribution in [1.82, 2.24) is 0 Å². The fraction of sp³-hybridized carbons (Fsp3) is 0.0714.